The number of aromatic nitrogens is 2. The third kappa shape index (κ3) is 3.19. The minimum Gasteiger partial charge on any atom is -0.494 e. The van der Waals surface area contributed by atoms with Crippen molar-refractivity contribution >= 4 is 18.4 Å². The van der Waals surface area contributed by atoms with Gasteiger partial charge in [0, 0.05) is 13.1 Å². The number of nitrogens with zero attached hydrogens (tertiary/aromatic N) is 2. The standard InChI is InChI=1S/C11H16N4O2S/c16-9-8(10(17)14-11(18)13-9)7-12-15-5-3-1-2-4-6-15/h7H,1-6H2,(H3,13,14,16,17,18)/b12-7+. The number of aromatic hydroxyl groups is 1. The zero-order valence-electron chi connectivity index (χ0n) is 9.98. The maximum atomic E-state index is 11.6. The predicted molar refractivity (Wildman–Crippen MR) is 71.5 cm³/mol. The fourth-order valence-electron chi connectivity index (χ4n) is 1.91. The minimum atomic E-state index is -0.435. The van der Waals surface area contributed by atoms with Crippen LogP contribution >= 0.6 is 12.2 Å². The molecule has 0 aromatic carbocycles. The van der Waals surface area contributed by atoms with E-state index in [1.807, 2.05) is 5.01 Å². The summed E-state index contributed by atoms with van der Waals surface area (Å²) in [7, 11) is 0. The van der Waals surface area contributed by atoms with Crippen molar-refractivity contribution in [2.75, 3.05) is 13.1 Å². The summed E-state index contributed by atoms with van der Waals surface area (Å²) in [4.78, 5) is 16.5. The maximum absolute atomic E-state index is 11.6. The molecule has 1 aliphatic rings. The molecule has 1 aromatic rings. The molecule has 0 unspecified atom stereocenters. The quantitative estimate of drug-likeness (QED) is 0.558. The van der Waals surface area contributed by atoms with E-state index in [0.29, 0.717) is 0 Å². The molecule has 1 aliphatic heterocycles. The van der Waals surface area contributed by atoms with E-state index >= 15 is 0 Å². The third-order valence-corrected chi connectivity index (χ3v) is 3.10. The van der Waals surface area contributed by atoms with Gasteiger partial charge >= 0.3 is 0 Å². The molecule has 2 heterocycles. The zero-order valence-corrected chi connectivity index (χ0v) is 10.8. The molecule has 6 nitrogen and oxygen atoms in total. The van der Waals surface area contributed by atoms with Gasteiger partial charge in [-0.25, -0.2) is 0 Å². The molecule has 0 spiro atoms. The number of nitrogens with one attached hydrogen (secondary N) is 2. The molecular weight excluding hydrogens is 252 g/mol. The predicted octanol–water partition coefficient (Wildman–Crippen LogP) is 1.35. The largest absolute Gasteiger partial charge is 0.494 e. The molecule has 2 rings (SSSR count). The highest BCUT2D eigenvalue weighted by Gasteiger charge is 2.08. The van der Waals surface area contributed by atoms with Crippen LogP contribution in [0.2, 0.25) is 0 Å². The van der Waals surface area contributed by atoms with E-state index in [1.165, 1.54) is 19.1 Å². The van der Waals surface area contributed by atoms with Gasteiger partial charge in [-0.1, -0.05) is 12.8 Å². The van der Waals surface area contributed by atoms with E-state index in [-0.39, 0.29) is 16.2 Å². The molecule has 18 heavy (non-hydrogen) atoms. The summed E-state index contributed by atoms with van der Waals surface area (Å²) in [5.41, 5.74) is -0.331. The Labute approximate surface area is 109 Å². The average Bonchev–Trinajstić information content (AvgIpc) is 2.56. The molecule has 1 aromatic heterocycles. The topological polar surface area (TPSA) is 84.5 Å². The molecule has 0 radical (unpaired) electrons. The highest BCUT2D eigenvalue weighted by atomic mass is 32.1. The molecule has 0 amide bonds. The Balaban J connectivity index is 2.18. The maximum Gasteiger partial charge on any atom is 0.264 e. The van der Waals surface area contributed by atoms with Crippen molar-refractivity contribution in [3.05, 3.63) is 20.7 Å². The van der Waals surface area contributed by atoms with Crippen LogP contribution in [0.1, 0.15) is 31.2 Å². The fraction of sp³-hybridized carbons (Fsp3) is 0.545. The second-order valence-corrected chi connectivity index (χ2v) is 4.69. The van der Waals surface area contributed by atoms with Gasteiger partial charge in [0.2, 0.25) is 5.88 Å². The summed E-state index contributed by atoms with van der Waals surface area (Å²) in [6.07, 6.45) is 6.03. The van der Waals surface area contributed by atoms with Crippen molar-refractivity contribution in [3.8, 4) is 5.88 Å². The van der Waals surface area contributed by atoms with E-state index < -0.39 is 5.56 Å². The number of aromatic amines is 2. The summed E-state index contributed by atoms with van der Waals surface area (Å²) in [5.74, 6) is -0.248. The zero-order chi connectivity index (χ0) is 13.0. The smallest absolute Gasteiger partial charge is 0.264 e. The van der Waals surface area contributed by atoms with E-state index in [1.54, 1.807) is 0 Å². The summed E-state index contributed by atoms with van der Waals surface area (Å²) in [6, 6.07) is 0. The molecule has 3 N–H and O–H groups in total. The summed E-state index contributed by atoms with van der Waals surface area (Å²) < 4.78 is 0.101. The fourth-order valence-corrected chi connectivity index (χ4v) is 2.10. The van der Waals surface area contributed by atoms with Crippen molar-refractivity contribution in [1.82, 2.24) is 15.0 Å². The van der Waals surface area contributed by atoms with Gasteiger partial charge in [0.25, 0.3) is 5.56 Å². The Morgan fingerprint density at radius 1 is 1.22 bits per heavy atom. The van der Waals surface area contributed by atoms with E-state index in [2.05, 4.69) is 15.1 Å². The molecule has 7 heteroatoms. The SMILES string of the molecule is O=c1[nH]c(=S)[nH]c(O)c1/C=N/N1CCCCCC1. The van der Waals surface area contributed by atoms with Gasteiger partial charge in [0.15, 0.2) is 4.77 Å². The van der Waals surface area contributed by atoms with Crippen molar-refractivity contribution in [3.63, 3.8) is 0 Å². The van der Waals surface area contributed by atoms with Crippen LogP contribution in [0.5, 0.6) is 5.88 Å². The first-order chi connectivity index (χ1) is 8.66. The van der Waals surface area contributed by atoms with Crippen molar-refractivity contribution in [1.29, 1.82) is 0 Å². The third-order valence-electron chi connectivity index (χ3n) is 2.89. The Morgan fingerprint density at radius 3 is 2.50 bits per heavy atom. The summed E-state index contributed by atoms with van der Waals surface area (Å²) in [5, 5.41) is 15.8. The lowest BCUT2D eigenvalue weighted by Gasteiger charge is -2.15. The van der Waals surface area contributed by atoms with Crippen LogP contribution in [0.15, 0.2) is 9.90 Å². The lowest BCUT2D eigenvalue weighted by molar-refractivity contribution is 0.302. The van der Waals surface area contributed by atoms with Crippen LogP contribution in [-0.4, -0.2) is 39.4 Å². The summed E-state index contributed by atoms with van der Waals surface area (Å²) >= 11 is 4.75. The van der Waals surface area contributed by atoms with Crippen LogP contribution in [0.25, 0.3) is 0 Å². The van der Waals surface area contributed by atoms with Crippen molar-refractivity contribution in [2.24, 2.45) is 5.10 Å². The van der Waals surface area contributed by atoms with Crippen molar-refractivity contribution < 1.29 is 5.11 Å². The molecule has 0 atom stereocenters. The van der Waals surface area contributed by atoms with E-state index in [4.69, 9.17) is 12.2 Å². The van der Waals surface area contributed by atoms with Gasteiger partial charge < -0.3 is 10.1 Å². The number of hydrogen-bond donors (Lipinski definition) is 3. The molecule has 1 saturated heterocycles. The number of hydrogen-bond acceptors (Lipinski definition) is 5. The number of rotatable bonds is 2. The Hall–Kier alpha value is -1.63. The van der Waals surface area contributed by atoms with E-state index in [9.17, 15) is 9.90 Å². The highest BCUT2D eigenvalue weighted by molar-refractivity contribution is 7.71. The molecular formula is C11H16N4O2S. The lowest BCUT2D eigenvalue weighted by Crippen LogP contribution is -2.20. The first-order valence-corrected chi connectivity index (χ1v) is 6.42. The van der Waals surface area contributed by atoms with Gasteiger partial charge in [-0.3, -0.25) is 14.8 Å². The number of hydrazone groups is 1. The van der Waals surface area contributed by atoms with Crippen LogP contribution in [-0.2, 0) is 0 Å². The lowest BCUT2D eigenvalue weighted by atomic mass is 10.2. The Morgan fingerprint density at radius 2 is 1.89 bits per heavy atom. The second kappa shape index (κ2) is 5.81. The van der Waals surface area contributed by atoms with Crippen LogP contribution in [0.4, 0.5) is 0 Å². The molecule has 0 saturated carbocycles. The molecule has 0 bridgehead atoms. The van der Waals surface area contributed by atoms with E-state index in [0.717, 1.165) is 25.9 Å². The van der Waals surface area contributed by atoms with Crippen LogP contribution in [0, 0.1) is 4.77 Å². The van der Waals surface area contributed by atoms with Gasteiger partial charge in [-0.2, -0.15) is 5.10 Å². The number of H-pyrrole nitrogens is 2. The Bertz CT molecular complexity index is 541. The van der Waals surface area contributed by atoms with Crippen LogP contribution < -0.4 is 5.56 Å². The molecule has 98 valence electrons. The van der Waals surface area contributed by atoms with Crippen molar-refractivity contribution in [2.45, 2.75) is 25.7 Å². The summed E-state index contributed by atoms with van der Waals surface area (Å²) in [6.45, 7) is 1.77. The normalized spacial score (nSPS) is 17.0. The first-order valence-electron chi connectivity index (χ1n) is 6.01. The average molecular weight is 268 g/mol. The minimum absolute atomic E-state index is 0.101. The monoisotopic (exact) mass is 268 g/mol. The second-order valence-electron chi connectivity index (χ2n) is 4.28. The van der Waals surface area contributed by atoms with Gasteiger partial charge in [-0.05, 0) is 25.1 Å². The first kappa shape index (κ1) is 12.8. The Kier molecular flexibility index (Phi) is 4.14. The highest BCUT2D eigenvalue weighted by Crippen LogP contribution is 2.10. The molecule has 0 aliphatic carbocycles. The van der Waals surface area contributed by atoms with Gasteiger partial charge in [0.1, 0.15) is 5.56 Å². The van der Waals surface area contributed by atoms with Gasteiger partial charge in [0.05, 0.1) is 6.21 Å². The van der Waals surface area contributed by atoms with Gasteiger partial charge in [-0.15, -0.1) is 0 Å². The molecule has 1 fully saturated rings. The van der Waals surface area contributed by atoms with Crippen LogP contribution in [0.3, 0.4) is 0 Å².